The van der Waals surface area contributed by atoms with Gasteiger partial charge in [-0.3, -0.25) is 19.3 Å². The molecule has 17 heavy (non-hydrogen) atoms. The maximum Gasteiger partial charge on any atom is 0.252 e. The van der Waals surface area contributed by atoms with Crippen molar-refractivity contribution in [3.8, 4) is 0 Å². The van der Waals surface area contributed by atoms with Crippen LogP contribution in [-0.2, 0) is 14.4 Å². The molecule has 0 unspecified atom stereocenters. The molecule has 1 aliphatic heterocycles. The molecule has 0 bridgehead atoms. The zero-order valence-corrected chi connectivity index (χ0v) is 11.1. The Bertz CT molecular complexity index is 352. The highest BCUT2D eigenvalue weighted by atomic mass is 16.2. The van der Waals surface area contributed by atoms with E-state index in [4.69, 9.17) is 0 Å². The molecule has 1 rings (SSSR count). The van der Waals surface area contributed by atoms with Gasteiger partial charge in [-0.15, -0.1) is 0 Å². The van der Waals surface area contributed by atoms with Gasteiger partial charge in [-0.1, -0.05) is 13.8 Å². The van der Waals surface area contributed by atoms with Crippen LogP contribution in [0.5, 0.6) is 0 Å². The second-order valence-corrected chi connectivity index (χ2v) is 5.00. The number of nitrogens with zero attached hydrogens (tertiary/aromatic N) is 2. The highest BCUT2D eigenvalue weighted by Crippen LogP contribution is 2.21. The predicted octanol–water partition coefficient (Wildman–Crippen LogP) is 0.637. The zero-order chi connectivity index (χ0) is 13.3. The molecule has 1 aliphatic rings. The summed E-state index contributed by atoms with van der Waals surface area (Å²) < 4.78 is 0. The normalized spacial score (nSPS) is 25.8. The lowest BCUT2D eigenvalue weighted by Crippen LogP contribution is -2.64. The number of likely N-dealkylation sites (N-methyl/N-ethyl adjacent to an activating group) is 1. The Morgan fingerprint density at radius 1 is 1.29 bits per heavy atom. The SMILES string of the molecule is CC(=O)N1C(=O)[C@H](CC(C)C)N(C)C(=O)[C@H]1C. The van der Waals surface area contributed by atoms with Crippen molar-refractivity contribution in [1.82, 2.24) is 9.80 Å². The van der Waals surface area contributed by atoms with Crippen LogP contribution in [0, 0.1) is 5.92 Å². The van der Waals surface area contributed by atoms with Gasteiger partial charge in [0.1, 0.15) is 12.1 Å². The van der Waals surface area contributed by atoms with Crippen LogP contribution in [0.3, 0.4) is 0 Å². The number of hydrogen-bond acceptors (Lipinski definition) is 3. The molecule has 0 aromatic carbocycles. The number of imide groups is 1. The van der Waals surface area contributed by atoms with E-state index in [9.17, 15) is 14.4 Å². The van der Waals surface area contributed by atoms with Gasteiger partial charge in [0.25, 0.3) is 5.91 Å². The van der Waals surface area contributed by atoms with Crippen molar-refractivity contribution < 1.29 is 14.4 Å². The van der Waals surface area contributed by atoms with Crippen LogP contribution in [0.2, 0.25) is 0 Å². The van der Waals surface area contributed by atoms with E-state index in [0.717, 1.165) is 4.90 Å². The first-order valence-electron chi connectivity index (χ1n) is 5.87. The van der Waals surface area contributed by atoms with E-state index in [1.165, 1.54) is 11.8 Å². The fourth-order valence-electron chi connectivity index (χ4n) is 2.21. The van der Waals surface area contributed by atoms with E-state index in [0.29, 0.717) is 12.3 Å². The minimum Gasteiger partial charge on any atom is -0.332 e. The second kappa shape index (κ2) is 4.85. The van der Waals surface area contributed by atoms with Crippen molar-refractivity contribution in [3.63, 3.8) is 0 Å². The van der Waals surface area contributed by atoms with Gasteiger partial charge in [0.05, 0.1) is 0 Å². The second-order valence-electron chi connectivity index (χ2n) is 5.00. The number of carbonyl (C=O) groups excluding carboxylic acids is 3. The smallest absolute Gasteiger partial charge is 0.252 e. The van der Waals surface area contributed by atoms with Crippen molar-refractivity contribution in [3.05, 3.63) is 0 Å². The molecule has 1 fully saturated rings. The number of rotatable bonds is 2. The first-order chi connectivity index (χ1) is 7.77. The predicted molar refractivity (Wildman–Crippen MR) is 63.0 cm³/mol. The number of hydrogen-bond donors (Lipinski definition) is 0. The van der Waals surface area contributed by atoms with Gasteiger partial charge in [0.15, 0.2) is 0 Å². The summed E-state index contributed by atoms with van der Waals surface area (Å²) in [5.41, 5.74) is 0. The Morgan fingerprint density at radius 3 is 2.24 bits per heavy atom. The molecule has 1 heterocycles. The van der Waals surface area contributed by atoms with Crippen molar-refractivity contribution in [2.75, 3.05) is 7.05 Å². The van der Waals surface area contributed by atoms with Gasteiger partial charge < -0.3 is 4.90 Å². The third-order valence-corrected chi connectivity index (χ3v) is 3.12. The third-order valence-electron chi connectivity index (χ3n) is 3.12. The molecule has 5 nitrogen and oxygen atoms in total. The number of carbonyl (C=O) groups is 3. The van der Waals surface area contributed by atoms with E-state index in [-0.39, 0.29) is 17.7 Å². The summed E-state index contributed by atoms with van der Waals surface area (Å²) in [7, 11) is 1.63. The first kappa shape index (κ1) is 13.7. The number of amides is 3. The standard InChI is InChI=1S/C12H20N2O3/c1-7(2)6-10-12(17)14(9(4)15)8(3)11(16)13(10)5/h7-8,10H,6H2,1-5H3/t8-,10+/m1/s1. The minimum atomic E-state index is -0.687. The molecule has 3 amide bonds. The summed E-state index contributed by atoms with van der Waals surface area (Å²) in [6, 6.07) is -1.20. The van der Waals surface area contributed by atoms with Crippen LogP contribution in [0.1, 0.15) is 34.1 Å². The topological polar surface area (TPSA) is 57.7 Å². The van der Waals surface area contributed by atoms with Crippen molar-refractivity contribution >= 4 is 17.7 Å². The van der Waals surface area contributed by atoms with E-state index in [2.05, 4.69) is 0 Å². The highest BCUT2D eigenvalue weighted by molar-refractivity contribution is 6.05. The van der Waals surface area contributed by atoms with Crippen molar-refractivity contribution in [1.29, 1.82) is 0 Å². The Hall–Kier alpha value is -1.39. The molecule has 0 saturated carbocycles. The average molecular weight is 240 g/mol. The van der Waals surface area contributed by atoms with Gasteiger partial charge in [0.2, 0.25) is 11.8 Å². The summed E-state index contributed by atoms with van der Waals surface area (Å²) in [5, 5.41) is 0. The van der Waals surface area contributed by atoms with E-state index in [1.54, 1.807) is 14.0 Å². The molecule has 0 N–H and O–H groups in total. The molecule has 1 saturated heterocycles. The lowest BCUT2D eigenvalue weighted by Gasteiger charge is -2.41. The Labute approximate surface area is 102 Å². The molecular weight excluding hydrogens is 220 g/mol. The quantitative estimate of drug-likeness (QED) is 0.711. The largest absolute Gasteiger partial charge is 0.332 e. The van der Waals surface area contributed by atoms with Crippen LogP contribution in [0.25, 0.3) is 0 Å². The van der Waals surface area contributed by atoms with Crippen LogP contribution >= 0.6 is 0 Å². The molecule has 96 valence electrons. The third kappa shape index (κ3) is 2.48. The molecule has 0 spiro atoms. The van der Waals surface area contributed by atoms with Gasteiger partial charge in [-0.2, -0.15) is 0 Å². The maximum atomic E-state index is 12.2. The molecule has 0 aliphatic carbocycles. The van der Waals surface area contributed by atoms with Gasteiger partial charge in [-0.25, -0.2) is 0 Å². The maximum absolute atomic E-state index is 12.2. The highest BCUT2D eigenvalue weighted by Gasteiger charge is 2.43. The summed E-state index contributed by atoms with van der Waals surface area (Å²) in [6.07, 6.45) is 0.581. The van der Waals surface area contributed by atoms with Gasteiger partial charge in [-0.05, 0) is 19.3 Å². The molecule has 5 heteroatoms. The van der Waals surface area contributed by atoms with Gasteiger partial charge in [0, 0.05) is 14.0 Å². The number of piperazine rings is 1. The zero-order valence-electron chi connectivity index (χ0n) is 11.1. The van der Waals surface area contributed by atoms with E-state index < -0.39 is 12.1 Å². The summed E-state index contributed by atoms with van der Waals surface area (Å²) in [5.74, 6) is -0.509. The molecular formula is C12H20N2O3. The van der Waals surface area contributed by atoms with Crippen LogP contribution in [0.4, 0.5) is 0 Å². The van der Waals surface area contributed by atoms with E-state index >= 15 is 0 Å². The van der Waals surface area contributed by atoms with Gasteiger partial charge >= 0.3 is 0 Å². The summed E-state index contributed by atoms with van der Waals surface area (Å²) in [6.45, 7) is 6.88. The van der Waals surface area contributed by atoms with Crippen LogP contribution in [0.15, 0.2) is 0 Å². The molecule has 0 radical (unpaired) electrons. The Balaban J connectivity index is 3.03. The average Bonchev–Trinajstić information content (AvgIpc) is 2.21. The Morgan fingerprint density at radius 2 is 1.82 bits per heavy atom. The lowest BCUT2D eigenvalue weighted by atomic mass is 9.97. The summed E-state index contributed by atoms with van der Waals surface area (Å²) >= 11 is 0. The fraction of sp³-hybridized carbons (Fsp3) is 0.750. The fourth-order valence-corrected chi connectivity index (χ4v) is 2.21. The molecule has 0 aromatic heterocycles. The summed E-state index contributed by atoms with van der Waals surface area (Å²) in [4.78, 5) is 38.1. The van der Waals surface area contributed by atoms with Crippen molar-refractivity contribution in [2.24, 2.45) is 5.92 Å². The van der Waals surface area contributed by atoms with Crippen molar-refractivity contribution in [2.45, 2.75) is 46.2 Å². The first-order valence-corrected chi connectivity index (χ1v) is 5.87. The lowest BCUT2D eigenvalue weighted by molar-refractivity contribution is -0.165. The molecule has 0 aromatic rings. The Kier molecular flexibility index (Phi) is 3.91. The monoisotopic (exact) mass is 240 g/mol. The van der Waals surface area contributed by atoms with Crippen LogP contribution < -0.4 is 0 Å². The molecule has 2 atom stereocenters. The van der Waals surface area contributed by atoms with E-state index in [1.807, 2.05) is 13.8 Å². The minimum absolute atomic E-state index is 0.176. The van der Waals surface area contributed by atoms with Crippen LogP contribution in [-0.4, -0.2) is 46.7 Å².